The first-order valence-electron chi connectivity index (χ1n) is 9.22. The summed E-state index contributed by atoms with van der Waals surface area (Å²) < 4.78 is 11.4. The lowest BCUT2D eigenvalue weighted by Crippen LogP contribution is -2.63. The van der Waals surface area contributed by atoms with E-state index in [0.717, 1.165) is 5.56 Å². The molecule has 3 rings (SSSR count). The van der Waals surface area contributed by atoms with Crippen molar-refractivity contribution < 1.29 is 14.3 Å². The van der Waals surface area contributed by atoms with Gasteiger partial charge in [0.1, 0.15) is 5.54 Å². The molecule has 1 saturated carbocycles. The van der Waals surface area contributed by atoms with Crippen LogP contribution in [0.15, 0.2) is 60.7 Å². The molecule has 26 heavy (non-hydrogen) atoms. The largest absolute Gasteiger partial charge is 0.465 e. The number of ether oxygens (including phenoxy) is 2. The van der Waals surface area contributed by atoms with Gasteiger partial charge in [-0.25, -0.2) is 0 Å². The highest BCUT2D eigenvalue weighted by molar-refractivity contribution is 5.82. The van der Waals surface area contributed by atoms with Gasteiger partial charge in [-0.05, 0) is 25.1 Å². The van der Waals surface area contributed by atoms with Crippen molar-refractivity contribution in [3.05, 3.63) is 71.8 Å². The van der Waals surface area contributed by atoms with Crippen molar-refractivity contribution in [2.75, 3.05) is 13.7 Å². The number of hydrogen-bond acceptors (Lipinski definition) is 4. The molecule has 1 aliphatic rings. The average molecular weight is 353 g/mol. The van der Waals surface area contributed by atoms with Crippen LogP contribution in [0.5, 0.6) is 0 Å². The van der Waals surface area contributed by atoms with Gasteiger partial charge in [-0.1, -0.05) is 60.7 Å². The molecule has 0 unspecified atom stereocenters. The predicted molar refractivity (Wildman–Crippen MR) is 102 cm³/mol. The van der Waals surface area contributed by atoms with Crippen LogP contribution in [0, 0.1) is 0 Å². The van der Waals surface area contributed by atoms with Crippen molar-refractivity contribution in [3.8, 4) is 0 Å². The molecule has 0 amide bonds. The Bertz CT molecular complexity index is 696. The summed E-state index contributed by atoms with van der Waals surface area (Å²) in [6, 6.07) is 20.3. The molecular formula is C22H27NO3. The lowest BCUT2D eigenvalue weighted by molar-refractivity contribution is -0.179. The van der Waals surface area contributed by atoms with Crippen molar-refractivity contribution in [2.24, 2.45) is 0 Å². The van der Waals surface area contributed by atoms with Crippen molar-refractivity contribution in [1.29, 1.82) is 0 Å². The predicted octanol–water partition coefficient (Wildman–Crippen LogP) is 3.80. The molecule has 2 aromatic rings. The van der Waals surface area contributed by atoms with Crippen LogP contribution in [0.2, 0.25) is 0 Å². The summed E-state index contributed by atoms with van der Waals surface area (Å²) in [7, 11) is 2.00. The number of rotatable bonds is 8. The standard InChI is InChI=1S/C22H27NO3/c1-3-25-21(24)22(23(2)16-18-10-6-4-7-11-18)14-20(15-22)26-17-19-12-8-5-9-13-19/h4-13,20H,3,14-17H2,1-2H3. The van der Waals surface area contributed by atoms with Gasteiger partial charge in [-0.3, -0.25) is 9.69 Å². The zero-order valence-electron chi connectivity index (χ0n) is 15.6. The number of hydrogen-bond donors (Lipinski definition) is 0. The Balaban J connectivity index is 1.62. The molecule has 138 valence electrons. The molecule has 4 heteroatoms. The Morgan fingerprint density at radius 1 is 1.04 bits per heavy atom. The second-order valence-electron chi connectivity index (χ2n) is 6.92. The first-order chi connectivity index (χ1) is 12.6. The maximum absolute atomic E-state index is 12.7. The highest BCUT2D eigenvalue weighted by Crippen LogP contribution is 2.41. The molecule has 1 fully saturated rings. The van der Waals surface area contributed by atoms with Crippen molar-refractivity contribution in [2.45, 2.75) is 44.6 Å². The van der Waals surface area contributed by atoms with Gasteiger partial charge in [0, 0.05) is 19.4 Å². The first kappa shape index (κ1) is 18.6. The van der Waals surface area contributed by atoms with Crippen LogP contribution in [-0.4, -0.2) is 36.2 Å². The Kier molecular flexibility index (Phi) is 6.07. The molecule has 1 aliphatic carbocycles. The van der Waals surface area contributed by atoms with Gasteiger partial charge in [-0.15, -0.1) is 0 Å². The van der Waals surface area contributed by atoms with Gasteiger partial charge < -0.3 is 9.47 Å². The lowest BCUT2D eigenvalue weighted by atomic mass is 9.72. The van der Waals surface area contributed by atoms with Gasteiger partial charge in [-0.2, -0.15) is 0 Å². The fourth-order valence-electron chi connectivity index (χ4n) is 3.51. The molecular weight excluding hydrogens is 326 g/mol. The summed E-state index contributed by atoms with van der Waals surface area (Å²) in [6.45, 7) is 3.54. The van der Waals surface area contributed by atoms with E-state index in [1.54, 1.807) is 0 Å². The van der Waals surface area contributed by atoms with Crippen LogP contribution in [0.1, 0.15) is 30.9 Å². The van der Waals surface area contributed by atoms with Gasteiger partial charge in [0.25, 0.3) is 0 Å². The summed E-state index contributed by atoms with van der Waals surface area (Å²) in [6.07, 6.45) is 1.42. The molecule has 0 spiro atoms. The summed E-state index contributed by atoms with van der Waals surface area (Å²) in [5.41, 5.74) is 1.75. The van der Waals surface area contributed by atoms with Crippen LogP contribution >= 0.6 is 0 Å². The topological polar surface area (TPSA) is 38.8 Å². The summed E-state index contributed by atoms with van der Waals surface area (Å²) in [5, 5.41) is 0. The third kappa shape index (κ3) is 4.14. The Morgan fingerprint density at radius 3 is 2.19 bits per heavy atom. The molecule has 0 aliphatic heterocycles. The third-order valence-electron chi connectivity index (χ3n) is 5.11. The quantitative estimate of drug-likeness (QED) is 0.677. The van der Waals surface area contributed by atoms with E-state index in [0.29, 0.717) is 32.6 Å². The lowest BCUT2D eigenvalue weighted by Gasteiger charge is -2.50. The molecule has 0 aromatic heterocycles. The van der Waals surface area contributed by atoms with E-state index < -0.39 is 5.54 Å². The van der Waals surface area contributed by atoms with Crippen LogP contribution in [0.4, 0.5) is 0 Å². The molecule has 4 nitrogen and oxygen atoms in total. The van der Waals surface area contributed by atoms with Crippen LogP contribution in [-0.2, 0) is 27.4 Å². The van der Waals surface area contributed by atoms with Crippen molar-refractivity contribution in [1.82, 2.24) is 4.90 Å². The van der Waals surface area contributed by atoms with Crippen LogP contribution in [0.3, 0.4) is 0 Å². The summed E-state index contributed by atoms with van der Waals surface area (Å²) in [5.74, 6) is -0.141. The monoisotopic (exact) mass is 353 g/mol. The van der Waals surface area contributed by atoms with E-state index in [4.69, 9.17) is 9.47 Å². The van der Waals surface area contributed by atoms with E-state index in [1.807, 2.05) is 50.4 Å². The molecule has 0 radical (unpaired) electrons. The van der Waals surface area contributed by atoms with Crippen molar-refractivity contribution in [3.63, 3.8) is 0 Å². The smallest absolute Gasteiger partial charge is 0.326 e. The number of likely N-dealkylation sites (N-methyl/N-ethyl adjacent to an activating group) is 1. The molecule has 0 bridgehead atoms. The molecule has 0 atom stereocenters. The van der Waals surface area contributed by atoms with E-state index >= 15 is 0 Å². The molecule has 0 saturated heterocycles. The van der Waals surface area contributed by atoms with Gasteiger partial charge in [0.05, 0.1) is 19.3 Å². The van der Waals surface area contributed by atoms with E-state index in [9.17, 15) is 4.79 Å². The number of carbonyl (C=O) groups is 1. The number of benzene rings is 2. The van der Waals surface area contributed by atoms with Crippen LogP contribution in [0.25, 0.3) is 0 Å². The minimum absolute atomic E-state index is 0.0813. The van der Waals surface area contributed by atoms with Gasteiger partial charge >= 0.3 is 5.97 Å². The minimum atomic E-state index is -0.590. The van der Waals surface area contributed by atoms with Crippen LogP contribution < -0.4 is 0 Å². The summed E-state index contributed by atoms with van der Waals surface area (Å²) >= 11 is 0. The summed E-state index contributed by atoms with van der Waals surface area (Å²) in [4.78, 5) is 14.8. The Hall–Kier alpha value is -2.17. The fraction of sp³-hybridized carbons (Fsp3) is 0.409. The normalized spacial score (nSPS) is 22.0. The third-order valence-corrected chi connectivity index (χ3v) is 5.11. The minimum Gasteiger partial charge on any atom is -0.465 e. The Labute approximate surface area is 155 Å². The van der Waals surface area contributed by atoms with Gasteiger partial charge in [0.15, 0.2) is 0 Å². The van der Waals surface area contributed by atoms with Gasteiger partial charge in [0.2, 0.25) is 0 Å². The molecule has 2 aromatic carbocycles. The second kappa shape index (κ2) is 8.47. The van der Waals surface area contributed by atoms with E-state index in [2.05, 4.69) is 29.2 Å². The maximum Gasteiger partial charge on any atom is 0.326 e. The van der Waals surface area contributed by atoms with E-state index in [-0.39, 0.29) is 12.1 Å². The molecule has 0 N–H and O–H groups in total. The number of carbonyl (C=O) groups excluding carboxylic acids is 1. The zero-order valence-corrected chi connectivity index (χ0v) is 15.6. The molecule has 0 heterocycles. The highest BCUT2D eigenvalue weighted by Gasteiger charge is 2.54. The maximum atomic E-state index is 12.7. The first-order valence-corrected chi connectivity index (χ1v) is 9.22. The fourth-order valence-corrected chi connectivity index (χ4v) is 3.51. The highest BCUT2D eigenvalue weighted by atomic mass is 16.5. The SMILES string of the molecule is CCOC(=O)C1(N(C)Cc2ccccc2)CC(OCc2ccccc2)C1. The second-order valence-corrected chi connectivity index (χ2v) is 6.92. The Morgan fingerprint density at radius 2 is 1.62 bits per heavy atom. The zero-order chi connectivity index (χ0) is 18.4. The number of esters is 1. The van der Waals surface area contributed by atoms with E-state index in [1.165, 1.54) is 5.56 Å². The number of nitrogens with zero attached hydrogens (tertiary/aromatic N) is 1. The van der Waals surface area contributed by atoms with Crippen molar-refractivity contribution >= 4 is 5.97 Å². The average Bonchev–Trinajstić information content (AvgIpc) is 2.62.